The van der Waals surface area contributed by atoms with Gasteiger partial charge in [-0.3, -0.25) is 4.79 Å². The first kappa shape index (κ1) is 11.8. The number of rotatable bonds is 3. The van der Waals surface area contributed by atoms with Gasteiger partial charge in [0.15, 0.2) is 0 Å². The Morgan fingerprint density at radius 1 is 1.33 bits per heavy atom. The molecule has 96 valence electrons. The maximum absolute atomic E-state index is 12.0. The summed E-state index contributed by atoms with van der Waals surface area (Å²) in [5.41, 5.74) is 2.12. The van der Waals surface area contributed by atoms with E-state index in [9.17, 15) is 4.79 Å². The lowest BCUT2D eigenvalue weighted by Gasteiger charge is -2.20. The van der Waals surface area contributed by atoms with E-state index >= 15 is 0 Å². The minimum absolute atomic E-state index is 0.193. The highest BCUT2D eigenvalue weighted by Crippen LogP contribution is 2.49. The summed E-state index contributed by atoms with van der Waals surface area (Å²) in [6, 6.07) is 8.03. The molecule has 1 aromatic rings. The van der Waals surface area contributed by atoms with E-state index < -0.39 is 0 Å². The Morgan fingerprint density at radius 2 is 2.22 bits per heavy atom. The van der Waals surface area contributed by atoms with Gasteiger partial charge >= 0.3 is 0 Å². The SMILES string of the molecule is Cc1cccc(NC(=O)C[C@@H]2C[C@H]3CC[C@H]2C3)c1. The molecule has 0 radical (unpaired) electrons. The second kappa shape index (κ2) is 4.75. The van der Waals surface area contributed by atoms with Crippen molar-refractivity contribution in [2.75, 3.05) is 5.32 Å². The first-order valence-electron chi connectivity index (χ1n) is 7.07. The van der Waals surface area contributed by atoms with Gasteiger partial charge in [0, 0.05) is 12.1 Å². The highest BCUT2D eigenvalue weighted by Gasteiger charge is 2.40. The van der Waals surface area contributed by atoms with Gasteiger partial charge in [-0.2, -0.15) is 0 Å². The molecule has 18 heavy (non-hydrogen) atoms. The number of aryl methyl sites for hydroxylation is 1. The second-order valence-corrected chi connectivity index (χ2v) is 6.06. The molecule has 2 fully saturated rings. The molecule has 0 unspecified atom stereocenters. The van der Waals surface area contributed by atoms with Crippen LogP contribution in [0.5, 0.6) is 0 Å². The predicted molar refractivity (Wildman–Crippen MR) is 73.4 cm³/mol. The molecule has 2 aliphatic carbocycles. The molecule has 1 aromatic carbocycles. The van der Waals surface area contributed by atoms with Crippen molar-refractivity contribution in [1.29, 1.82) is 0 Å². The Labute approximate surface area is 109 Å². The number of carbonyl (C=O) groups excluding carboxylic acids is 1. The number of amides is 1. The summed E-state index contributed by atoms with van der Waals surface area (Å²) >= 11 is 0. The normalized spacial score (nSPS) is 29.5. The van der Waals surface area contributed by atoms with Crippen molar-refractivity contribution in [3.8, 4) is 0 Å². The van der Waals surface area contributed by atoms with E-state index in [4.69, 9.17) is 0 Å². The number of hydrogen-bond donors (Lipinski definition) is 1. The molecular formula is C16H21NO. The third-order valence-electron chi connectivity index (χ3n) is 4.63. The van der Waals surface area contributed by atoms with Gasteiger partial charge in [-0.15, -0.1) is 0 Å². The number of anilines is 1. The van der Waals surface area contributed by atoms with Gasteiger partial charge in [-0.05, 0) is 61.6 Å². The number of hydrogen-bond acceptors (Lipinski definition) is 1. The van der Waals surface area contributed by atoms with Gasteiger partial charge in [0.1, 0.15) is 0 Å². The van der Waals surface area contributed by atoms with E-state index in [2.05, 4.69) is 5.32 Å². The summed E-state index contributed by atoms with van der Waals surface area (Å²) in [7, 11) is 0. The van der Waals surface area contributed by atoms with Crippen molar-refractivity contribution >= 4 is 11.6 Å². The van der Waals surface area contributed by atoms with Crippen molar-refractivity contribution in [3.05, 3.63) is 29.8 Å². The summed E-state index contributed by atoms with van der Waals surface area (Å²) in [5, 5.41) is 3.03. The van der Waals surface area contributed by atoms with Crippen molar-refractivity contribution in [3.63, 3.8) is 0 Å². The molecule has 0 aliphatic heterocycles. The fourth-order valence-corrected chi connectivity index (χ4v) is 3.80. The van der Waals surface area contributed by atoms with E-state index in [1.807, 2.05) is 31.2 Å². The van der Waals surface area contributed by atoms with Crippen molar-refractivity contribution in [1.82, 2.24) is 0 Å². The van der Waals surface area contributed by atoms with Gasteiger partial charge in [-0.25, -0.2) is 0 Å². The molecule has 1 N–H and O–H groups in total. The summed E-state index contributed by atoms with van der Waals surface area (Å²) in [6.45, 7) is 2.05. The standard InChI is InChI=1S/C16H21NO/c1-11-3-2-4-15(7-11)17-16(18)10-14-9-12-5-6-13(14)8-12/h2-4,7,12-14H,5-6,8-10H2,1H3,(H,17,18)/t12-,13-,14-/m0/s1. The zero-order valence-corrected chi connectivity index (χ0v) is 11.0. The number of benzene rings is 1. The van der Waals surface area contributed by atoms with Gasteiger partial charge in [-0.1, -0.05) is 18.6 Å². The molecule has 0 saturated heterocycles. The highest BCUT2D eigenvalue weighted by molar-refractivity contribution is 5.90. The van der Waals surface area contributed by atoms with Crippen LogP contribution in [-0.2, 0) is 4.79 Å². The molecule has 0 heterocycles. The van der Waals surface area contributed by atoms with Gasteiger partial charge in [0.05, 0.1) is 0 Å². The molecule has 2 bridgehead atoms. The topological polar surface area (TPSA) is 29.1 Å². The van der Waals surface area contributed by atoms with Crippen LogP contribution in [0.2, 0.25) is 0 Å². The van der Waals surface area contributed by atoms with Crippen LogP contribution in [0, 0.1) is 24.7 Å². The summed E-state index contributed by atoms with van der Waals surface area (Å²) in [5.74, 6) is 2.59. The quantitative estimate of drug-likeness (QED) is 0.860. The highest BCUT2D eigenvalue weighted by atomic mass is 16.1. The molecule has 3 rings (SSSR count). The van der Waals surface area contributed by atoms with Crippen LogP contribution in [0.4, 0.5) is 5.69 Å². The van der Waals surface area contributed by atoms with Crippen LogP contribution in [0.15, 0.2) is 24.3 Å². The number of nitrogens with one attached hydrogen (secondary N) is 1. The largest absolute Gasteiger partial charge is 0.326 e. The molecule has 0 spiro atoms. The molecular weight excluding hydrogens is 222 g/mol. The Kier molecular flexibility index (Phi) is 3.11. The number of carbonyl (C=O) groups is 1. The molecule has 0 aromatic heterocycles. The van der Waals surface area contributed by atoms with E-state index in [1.165, 1.54) is 31.2 Å². The smallest absolute Gasteiger partial charge is 0.224 e. The summed E-state index contributed by atoms with van der Waals surface area (Å²) in [6.07, 6.45) is 6.14. The fraction of sp³-hybridized carbons (Fsp3) is 0.562. The predicted octanol–water partition coefficient (Wildman–Crippen LogP) is 3.76. The van der Waals surface area contributed by atoms with E-state index in [0.717, 1.165) is 23.9 Å². The third kappa shape index (κ3) is 2.43. The maximum atomic E-state index is 12.0. The monoisotopic (exact) mass is 243 g/mol. The van der Waals surface area contributed by atoms with E-state index in [0.29, 0.717) is 5.92 Å². The van der Waals surface area contributed by atoms with Crippen LogP contribution in [-0.4, -0.2) is 5.91 Å². The van der Waals surface area contributed by atoms with Crippen molar-refractivity contribution < 1.29 is 4.79 Å². The van der Waals surface area contributed by atoms with Gasteiger partial charge in [0.25, 0.3) is 0 Å². The van der Waals surface area contributed by atoms with Crippen molar-refractivity contribution in [2.45, 2.75) is 39.0 Å². The van der Waals surface area contributed by atoms with Crippen LogP contribution < -0.4 is 5.32 Å². The third-order valence-corrected chi connectivity index (χ3v) is 4.63. The lowest BCUT2D eigenvalue weighted by atomic mass is 9.86. The Morgan fingerprint density at radius 3 is 2.89 bits per heavy atom. The van der Waals surface area contributed by atoms with Crippen molar-refractivity contribution in [2.24, 2.45) is 17.8 Å². The van der Waals surface area contributed by atoms with Crippen LogP contribution in [0.25, 0.3) is 0 Å². The minimum atomic E-state index is 0.193. The first-order chi connectivity index (χ1) is 8.70. The number of fused-ring (bicyclic) bond motifs is 2. The van der Waals surface area contributed by atoms with Crippen LogP contribution >= 0.6 is 0 Å². The zero-order chi connectivity index (χ0) is 12.5. The molecule has 2 aliphatic rings. The Hall–Kier alpha value is -1.31. The average molecular weight is 243 g/mol. The Bertz CT molecular complexity index is 454. The van der Waals surface area contributed by atoms with E-state index in [-0.39, 0.29) is 5.91 Å². The Balaban J connectivity index is 1.56. The average Bonchev–Trinajstić information content (AvgIpc) is 2.90. The molecule has 1 amide bonds. The zero-order valence-electron chi connectivity index (χ0n) is 11.0. The maximum Gasteiger partial charge on any atom is 0.224 e. The van der Waals surface area contributed by atoms with Gasteiger partial charge < -0.3 is 5.32 Å². The second-order valence-electron chi connectivity index (χ2n) is 6.06. The fourth-order valence-electron chi connectivity index (χ4n) is 3.80. The molecule has 3 atom stereocenters. The summed E-state index contributed by atoms with van der Waals surface area (Å²) < 4.78 is 0. The first-order valence-corrected chi connectivity index (χ1v) is 7.07. The minimum Gasteiger partial charge on any atom is -0.326 e. The lowest BCUT2D eigenvalue weighted by Crippen LogP contribution is -2.20. The molecule has 2 nitrogen and oxygen atoms in total. The molecule has 2 heteroatoms. The molecule has 2 saturated carbocycles. The van der Waals surface area contributed by atoms with Crippen LogP contribution in [0.1, 0.15) is 37.7 Å². The summed E-state index contributed by atoms with van der Waals surface area (Å²) in [4.78, 5) is 12.0. The van der Waals surface area contributed by atoms with Crippen LogP contribution in [0.3, 0.4) is 0 Å². The van der Waals surface area contributed by atoms with Gasteiger partial charge in [0.2, 0.25) is 5.91 Å². The lowest BCUT2D eigenvalue weighted by molar-refractivity contribution is -0.117. The van der Waals surface area contributed by atoms with E-state index in [1.54, 1.807) is 0 Å².